The van der Waals surface area contributed by atoms with Gasteiger partial charge in [-0.1, -0.05) is 128 Å². The van der Waals surface area contributed by atoms with Crippen LogP contribution in [-0.4, -0.2) is 36.5 Å². The summed E-state index contributed by atoms with van der Waals surface area (Å²) in [6.45, 7) is 21.9. The fraction of sp³-hybridized carbons (Fsp3) is 0.429. The maximum Gasteiger partial charge on any atom is 0.360 e. The molecule has 1 unspecified atom stereocenters. The van der Waals surface area contributed by atoms with Crippen LogP contribution in [0.4, 0.5) is 0 Å². The number of allylic oxidation sites excluding steroid dienone is 2. The van der Waals surface area contributed by atoms with Gasteiger partial charge in [-0.3, -0.25) is 0 Å². The first-order chi connectivity index (χ1) is 20.3. The number of carbonyl (C=O) groups excluding carboxylic acids is 1. The minimum absolute atomic E-state index is 0.0298. The number of hydrogen-bond donors (Lipinski definition) is 3. The van der Waals surface area contributed by atoms with Crippen molar-refractivity contribution in [2.24, 2.45) is 22.5 Å². The second-order valence-corrected chi connectivity index (χ2v) is 7.94. The third-order valence-electron chi connectivity index (χ3n) is 5.48. The first kappa shape index (κ1) is 42.6. The molecule has 0 bridgehead atoms. The summed E-state index contributed by atoms with van der Waals surface area (Å²) < 4.78 is 4.85. The van der Waals surface area contributed by atoms with Crippen LogP contribution in [0.15, 0.2) is 71.5 Å². The number of methoxy groups -OCH3 is 1. The predicted octanol–water partition coefficient (Wildman–Crippen LogP) is 8.76. The van der Waals surface area contributed by atoms with Gasteiger partial charge in [-0.2, -0.15) is 5.10 Å². The number of esters is 1. The van der Waals surface area contributed by atoms with Crippen LogP contribution in [0.25, 0.3) is 17.2 Å². The number of carbonyl (C=O) groups is 1. The van der Waals surface area contributed by atoms with Gasteiger partial charge in [0.15, 0.2) is 11.5 Å². The second kappa shape index (κ2) is 26.1. The molecule has 0 saturated carbocycles. The highest BCUT2D eigenvalue weighted by Gasteiger charge is 2.35. The normalized spacial score (nSPS) is 13.2. The molecule has 0 spiro atoms. The van der Waals surface area contributed by atoms with Crippen molar-refractivity contribution in [3.63, 3.8) is 0 Å². The van der Waals surface area contributed by atoms with Gasteiger partial charge in [-0.05, 0) is 33.7 Å². The first-order valence-electron chi connectivity index (χ1n) is 15.0. The van der Waals surface area contributed by atoms with E-state index in [1.165, 1.54) is 24.7 Å². The highest BCUT2D eigenvalue weighted by molar-refractivity contribution is 6.02. The molecule has 3 rings (SSSR count). The number of ether oxygens (including phenoxy) is 1. The monoisotopic (exact) mass is 582 g/mol. The van der Waals surface area contributed by atoms with E-state index in [0.717, 1.165) is 17.5 Å². The van der Waals surface area contributed by atoms with Crippen LogP contribution in [0.3, 0.4) is 0 Å². The highest BCUT2D eigenvalue weighted by Crippen LogP contribution is 2.41. The van der Waals surface area contributed by atoms with Crippen molar-refractivity contribution in [3.05, 3.63) is 88.6 Å². The zero-order chi connectivity index (χ0) is 33.3. The van der Waals surface area contributed by atoms with E-state index >= 15 is 0 Å². The molecule has 7 nitrogen and oxygen atoms in total. The van der Waals surface area contributed by atoms with E-state index in [-0.39, 0.29) is 11.5 Å². The number of aryl methyl sites for hydroxylation is 1. The lowest BCUT2D eigenvalue weighted by Gasteiger charge is -2.31. The van der Waals surface area contributed by atoms with Crippen LogP contribution in [0.1, 0.15) is 97.9 Å². The molecular weight excluding hydrogens is 524 g/mol. The molecule has 2 aromatic rings. The molecule has 1 atom stereocenters. The van der Waals surface area contributed by atoms with Crippen molar-refractivity contribution < 1.29 is 14.6 Å². The van der Waals surface area contributed by atoms with Gasteiger partial charge < -0.3 is 21.3 Å². The van der Waals surface area contributed by atoms with Gasteiger partial charge in [0.05, 0.1) is 12.8 Å². The largest absolute Gasteiger partial charge is 0.505 e. The molecule has 0 fully saturated rings. The molecule has 0 aliphatic carbocycles. The summed E-state index contributed by atoms with van der Waals surface area (Å²) in [6, 6.07) is 15.7. The Morgan fingerprint density at radius 1 is 1.00 bits per heavy atom. The average molecular weight is 583 g/mol. The maximum atomic E-state index is 12.3. The van der Waals surface area contributed by atoms with Crippen LogP contribution < -0.4 is 11.5 Å². The molecule has 1 heterocycles. The summed E-state index contributed by atoms with van der Waals surface area (Å²) in [4.78, 5) is 12.3. The summed E-state index contributed by atoms with van der Waals surface area (Å²) in [5, 5.41) is 16.5. The number of hydrazone groups is 1. The average Bonchev–Trinajstić information content (AvgIpc) is 3.05. The summed E-state index contributed by atoms with van der Waals surface area (Å²) in [5.41, 5.74) is 15.5. The first-order valence-corrected chi connectivity index (χ1v) is 15.0. The molecule has 0 amide bonds. The molecule has 1 aliphatic heterocycles. The van der Waals surface area contributed by atoms with E-state index in [9.17, 15) is 9.90 Å². The SMILES string of the molecule is C/C=N\N1C(C(=O)OC)=C(O)c2cccc(/C(N)=C/C(C)CC)c2/C1=C\C.CC.CC.CC.CN.Cc1ccccc1. The standard InChI is InChI=1S/C21H27N3O3.C7H8.3C2H6.CH5N/c1-6-13(4)12-16(22)14-10-9-11-15-18(14)17(7-2)24(23-8-3)19(20(15)25)21(26)27-5;1-7-5-3-2-4-6-7;4*1-2/h7-13,25H,6,22H2,1-5H3;2-6H,1H3;3*1-2H3;2H2,1H3/b16-12-,17-7+,23-8-;;;;;. The Kier molecular flexibility index (Phi) is 26.5. The molecule has 1 aliphatic rings. The number of aliphatic hydroxyl groups is 1. The van der Waals surface area contributed by atoms with Crippen LogP contribution >= 0.6 is 0 Å². The lowest BCUT2D eigenvalue weighted by atomic mass is 9.90. The topological polar surface area (TPSA) is 114 Å². The molecular formula is C35H58N4O3. The van der Waals surface area contributed by atoms with E-state index < -0.39 is 5.97 Å². The molecule has 0 radical (unpaired) electrons. The van der Waals surface area contributed by atoms with Crippen molar-refractivity contribution in [1.82, 2.24) is 5.01 Å². The number of nitrogens with two attached hydrogens (primary N) is 2. The number of rotatable bonds is 5. The van der Waals surface area contributed by atoms with Gasteiger partial charge in [-0.25, -0.2) is 9.80 Å². The van der Waals surface area contributed by atoms with E-state index in [0.29, 0.717) is 22.9 Å². The Bertz CT molecular complexity index is 1120. The van der Waals surface area contributed by atoms with Crippen LogP contribution in [0.2, 0.25) is 0 Å². The maximum absolute atomic E-state index is 12.3. The smallest absolute Gasteiger partial charge is 0.360 e. The quantitative estimate of drug-likeness (QED) is 0.240. The number of hydrogen-bond acceptors (Lipinski definition) is 7. The van der Waals surface area contributed by atoms with Crippen LogP contribution in [-0.2, 0) is 9.53 Å². The van der Waals surface area contributed by atoms with Crippen molar-refractivity contribution in [3.8, 4) is 0 Å². The highest BCUT2D eigenvalue weighted by atomic mass is 16.5. The van der Waals surface area contributed by atoms with E-state index in [1.807, 2.05) is 91.0 Å². The Labute approximate surface area is 256 Å². The number of fused-ring (bicyclic) bond motifs is 1. The van der Waals surface area contributed by atoms with Gasteiger partial charge in [0.2, 0.25) is 0 Å². The summed E-state index contributed by atoms with van der Waals surface area (Å²) >= 11 is 0. The fourth-order valence-electron chi connectivity index (χ4n) is 3.55. The number of benzene rings is 2. The van der Waals surface area contributed by atoms with Gasteiger partial charge in [0.25, 0.3) is 0 Å². The molecule has 0 aromatic heterocycles. The minimum Gasteiger partial charge on any atom is -0.505 e. The van der Waals surface area contributed by atoms with Crippen molar-refractivity contribution in [1.29, 1.82) is 0 Å². The second-order valence-electron chi connectivity index (χ2n) is 7.94. The Morgan fingerprint density at radius 2 is 1.55 bits per heavy atom. The van der Waals surface area contributed by atoms with E-state index in [1.54, 1.807) is 19.2 Å². The number of aliphatic hydroxyl groups excluding tert-OH is 1. The van der Waals surface area contributed by atoms with Gasteiger partial charge in [0, 0.05) is 28.6 Å². The fourth-order valence-corrected chi connectivity index (χ4v) is 3.55. The van der Waals surface area contributed by atoms with E-state index in [2.05, 4.69) is 43.7 Å². The molecule has 5 N–H and O–H groups in total. The molecule has 236 valence electrons. The molecule has 7 heteroatoms. The van der Waals surface area contributed by atoms with E-state index in [4.69, 9.17) is 10.5 Å². The zero-order valence-corrected chi connectivity index (χ0v) is 28.4. The molecule has 42 heavy (non-hydrogen) atoms. The Morgan fingerprint density at radius 3 is 1.95 bits per heavy atom. The zero-order valence-electron chi connectivity index (χ0n) is 28.4. The molecule has 2 aromatic carbocycles. The van der Waals surface area contributed by atoms with Crippen molar-refractivity contribution in [2.45, 2.75) is 82.6 Å². The summed E-state index contributed by atoms with van der Waals surface area (Å²) in [5.74, 6) is -0.541. The van der Waals surface area contributed by atoms with Crippen molar-refractivity contribution >= 4 is 29.3 Å². The van der Waals surface area contributed by atoms with Gasteiger partial charge in [-0.15, -0.1) is 0 Å². The molecule has 0 saturated heterocycles. The number of nitrogens with zero attached hydrogens (tertiary/aromatic N) is 2. The Hall–Kier alpha value is -3.84. The summed E-state index contributed by atoms with van der Waals surface area (Å²) in [6.07, 6.45) is 6.36. The lowest BCUT2D eigenvalue weighted by Crippen LogP contribution is -2.29. The lowest BCUT2D eigenvalue weighted by molar-refractivity contribution is -0.137. The Balaban J connectivity index is -0.000000845. The minimum atomic E-state index is -0.670. The van der Waals surface area contributed by atoms with Crippen LogP contribution in [0, 0.1) is 12.8 Å². The van der Waals surface area contributed by atoms with Gasteiger partial charge in [0.1, 0.15) is 0 Å². The van der Waals surface area contributed by atoms with Crippen LogP contribution in [0.5, 0.6) is 0 Å². The third-order valence-corrected chi connectivity index (χ3v) is 5.48. The summed E-state index contributed by atoms with van der Waals surface area (Å²) in [7, 11) is 2.77. The predicted molar refractivity (Wildman–Crippen MR) is 185 cm³/mol. The van der Waals surface area contributed by atoms with Crippen molar-refractivity contribution in [2.75, 3.05) is 14.2 Å². The van der Waals surface area contributed by atoms with Gasteiger partial charge >= 0.3 is 5.97 Å². The third kappa shape index (κ3) is 12.8.